The average molecular weight is 257 g/mol. The van der Waals surface area contributed by atoms with Crippen LogP contribution in [0.25, 0.3) is 0 Å². The number of ether oxygens (including phenoxy) is 2. The maximum absolute atomic E-state index is 5.86. The summed E-state index contributed by atoms with van der Waals surface area (Å²) in [6.45, 7) is 2.44. The minimum absolute atomic E-state index is 0.505. The van der Waals surface area contributed by atoms with Crippen LogP contribution in [0.4, 0.5) is 0 Å². The molecule has 0 bridgehead atoms. The zero-order valence-corrected chi connectivity index (χ0v) is 11.5. The fourth-order valence-corrected chi connectivity index (χ4v) is 2.15. The number of methoxy groups -OCH3 is 1. The van der Waals surface area contributed by atoms with Gasteiger partial charge in [0.05, 0.1) is 26.4 Å². The summed E-state index contributed by atoms with van der Waals surface area (Å²) in [5.41, 5.74) is 5.86. The molecule has 0 aliphatic heterocycles. The first kappa shape index (κ1) is 15.2. The summed E-state index contributed by atoms with van der Waals surface area (Å²) in [7, 11) is 1.66. The lowest BCUT2D eigenvalue weighted by molar-refractivity contribution is 0.0748. The van der Waals surface area contributed by atoms with Crippen LogP contribution in [0.15, 0.2) is 4.99 Å². The van der Waals surface area contributed by atoms with Gasteiger partial charge in [-0.15, -0.1) is 0 Å². The molecule has 5 nitrogen and oxygen atoms in total. The van der Waals surface area contributed by atoms with Gasteiger partial charge < -0.3 is 20.5 Å². The fourth-order valence-electron chi connectivity index (χ4n) is 2.15. The molecule has 5 heteroatoms. The van der Waals surface area contributed by atoms with Crippen molar-refractivity contribution in [1.82, 2.24) is 5.32 Å². The molecule has 0 amide bonds. The number of nitrogens with zero attached hydrogens (tertiary/aromatic N) is 1. The highest BCUT2D eigenvalue weighted by Gasteiger charge is 2.11. The quantitative estimate of drug-likeness (QED) is 0.312. The summed E-state index contributed by atoms with van der Waals surface area (Å²) in [6.07, 6.45) is 7.71. The van der Waals surface area contributed by atoms with Crippen molar-refractivity contribution >= 4 is 5.96 Å². The van der Waals surface area contributed by atoms with Crippen LogP contribution < -0.4 is 11.1 Å². The third-order valence-electron chi connectivity index (χ3n) is 3.16. The van der Waals surface area contributed by atoms with Crippen LogP contribution in [0, 0.1) is 0 Å². The second-order valence-electron chi connectivity index (χ2n) is 4.70. The van der Waals surface area contributed by atoms with Gasteiger partial charge in [-0.2, -0.15) is 0 Å². The van der Waals surface area contributed by atoms with Gasteiger partial charge in [0.15, 0.2) is 5.96 Å². The van der Waals surface area contributed by atoms with E-state index in [2.05, 4.69) is 10.3 Å². The Kier molecular flexibility index (Phi) is 8.59. The van der Waals surface area contributed by atoms with Crippen molar-refractivity contribution in [3.63, 3.8) is 0 Å². The minimum Gasteiger partial charge on any atom is -0.382 e. The van der Waals surface area contributed by atoms with Gasteiger partial charge >= 0.3 is 0 Å². The highest BCUT2D eigenvalue weighted by atomic mass is 16.5. The normalized spacial score (nSPS) is 18.6. The second kappa shape index (κ2) is 10.1. The van der Waals surface area contributed by atoms with E-state index in [1.54, 1.807) is 7.11 Å². The predicted molar refractivity (Wildman–Crippen MR) is 73.8 cm³/mol. The van der Waals surface area contributed by atoms with E-state index in [1.165, 1.54) is 38.5 Å². The molecule has 1 fully saturated rings. The Morgan fingerprint density at radius 1 is 1.17 bits per heavy atom. The van der Waals surface area contributed by atoms with Gasteiger partial charge in [-0.05, 0) is 12.8 Å². The number of rotatable bonds is 7. The Bertz CT molecular complexity index is 226. The van der Waals surface area contributed by atoms with Crippen molar-refractivity contribution in [2.24, 2.45) is 10.7 Å². The standard InChI is InChI=1S/C13H27N3O2/c1-17-10-11-18-9-8-15-13(14)16-12-6-4-2-3-5-7-12/h12H,2-11H2,1H3,(H3,14,15,16). The van der Waals surface area contributed by atoms with Crippen LogP contribution >= 0.6 is 0 Å². The third kappa shape index (κ3) is 7.50. The van der Waals surface area contributed by atoms with E-state index in [0.29, 0.717) is 38.4 Å². The van der Waals surface area contributed by atoms with E-state index in [-0.39, 0.29) is 0 Å². The van der Waals surface area contributed by atoms with E-state index in [1.807, 2.05) is 0 Å². The molecule has 106 valence electrons. The molecule has 0 aromatic rings. The Morgan fingerprint density at radius 3 is 2.56 bits per heavy atom. The monoisotopic (exact) mass is 257 g/mol. The van der Waals surface area contributed by atoms with Gasteiger partial charge in [-0.25, -0.2) is 0 Å². The van der Waals surface area contributed by atoms with Crippen molar-refractivity contribution in [2.75, 3.05) is 33.5 Å². The number of nitrogens with one attached hydrogen (secondary N) is 1. The largest absolute Gasteiger partial charge is 0.382 e. The Balaban J connectivity index is 2.08. The van der Waals surface area contributed by atoms with Gasteiger partial charge in [0.2, 0.25) is 0 Å². The maximum Gasteiger partial charge on any atom is 0.188 e. The van der Waals surface area contributed by atoms with E-state index in [0.717, 1.165) is 0 Å². The molecule has 0 aromatic carbocycles. The molecule has 0 radical (unpaired) electrons. The van der Waals surface area contributed by atoms with E-state index in [9.17, 15) is 0 Å². The molecule has 0 heterocycles. The summed E-state index contributed by atoms with van der Waals surface area (Å²) in [4.78, 5) is 4.26. The predicted octanol–water partition coefficient (Wildman–Crippen LogP) is 1.28. The molecule has 0 unspecified atom stereocenters. The lowest BCUT2D eigenvalue weighted by Crippen LogP contribution is -2.40. The average Bonchev–Trinajstić information content (AvgIpc) is 2.62. The van der Waals surface area contributed by atoms with Gasteiger partial charge in [-0.1, -0.05) is 25.7 Å². The van der Waals surface area contributed by atoms with Crippen molar-refractivity contribution in [3.8, 4) is 0 Å². The van der Waals surface area contributed by atoms with Crippen LogP contribution in [0.5, 0.6) is 0 Å². The van der Waals surface area contributed by atoms with Crippen LogP contribution in [0.3, 0.4) is 0 Å². The molecule has 3 N–H and O–H groups in total. The maximum atomic E-state index is 5.86. The number of hydrogen-bond acceptors (Lipinski definition) is 3. The smallest absolute Gasteiger partial charge is 0.188 e. The first-order valence-corrected chi connectivity index (χ1v) is 6.96. The number of aliphatic imine (C=N–C) groups is 1. The first-order chi connectivity index (χ1) is 8.83. The van der Waals surface area contributed by atoms with Gasteiger partial charge in [0.25, 0.3) is 0 Å². The third-order valence-corrected chi connectivity index (χ3v) is 3.16. The topological polar surface area (TPSA) is 68.9 Å². The second-order valence-corrected chi connectivity index (χ2v) is 4.70. The SMILES string of the molecule is COCCOCCN=C(N)NC1CCCCCC1. The Morgan fingerprint density at radius 2 is 1.89 bits per heavy atom. The van der Waals surface area contributed by atoms with Crippen LogP contribution in [0.2, 0.25) is 0 Å². The molecule has 18 heavy (non-hydrogen) atoms. The summed E-state index contributed by atoms with van der Waals surface area (Å²) >= 11 is 0. The van der Waals surface area contributed by atoms with Crippen molar-refractivity contribution in [3.05, 3.63) is 0 Å². The fraction of sp³-hybridized carbons (Fsp3) is 0.923. The Labute approximate surface area is 110 Å². The van der Waals surface area contributed by atoms with Crippen molar-refractivity contribution < 1.29 is 9.47 Å². The lowest BCUT2D eigenvalue weighted by atomic mass is 10.1. The Hall–Kier alpha value is -0.810. The zero-order chi connectivity index (χ0) is 13.1. The highest BCUT2D eigenvalue weighted by molar-refractivity contribution is 5.78. The van der Waals surface area contributed by atoms with E-state index < -0.39 is 0 Å². The minimum atomic E-state index is 0.505. The molecule has 1 rings (SSSR count). The number of hydrogen-bond donors (Lipinski definition) is 2. The van der Waals surface area contributed by atoms with Crippen LogP contribution in [-0.2, 0) is 9.47 Å². The van der Waals surface area contributed by atoms with Gasteiger partial charge in [0, 0.05) is 13.2 Å². The molecule has 1 aliphatic carbocycles. The first-order valence-electron chi connectivity index (χ1n) is 6.96. The molecular weight excluding hydrogens is 230 g/mol. The highest BCUT2D eigenvalue weighted by Crippen LogP contribution is 2.16. The summed E-state index contributed by atoms with van der Waals surface area (Å²) < 4.78 is 10.2. The molecule has 0 atom stereocenters. The molecule has 1 saturated carbocycles. The molecule has 0 saturated heterocycles. The molecule has 0 spiro atoms. The number of nitrogens with two attached hydrogens (primary N) is 1. The van der Waals surface area contributed by atoms with E-state index >= 15 is 0 Å². The van der Waals surface area contributed by atoms with Crippen LogP contribution in [-0.4, -0.2) is 45.5 Å². The number of guanidine groups is 1. The van der Waals surface area contributed by atoms with Crippen molar-refractivity contribution in [1.29, 1.82) is 0 Å². The van der Waals surface area contributed by atoms with E-state index in [4.69, 9.17) is 15.2 Å². The lowest BCUT2D eigenvalue weighted by Gasteiger charge is -2.16. The van der Waals surface area contributed by atoms with Crippen LogP contribution in [0.1, 0.15) is 38.5 Å². The summed E-state index contributed by atoms with van der Waals surface area (Å²) in [6, 6.07) is 0.505. The zero-order valence-electron chi connectivity index (χ0n) is 11.5. The molecular formula is C13H27N3O2. The van der Waals surface area contributed by atoms with Gasteiger partial charge in [-0.3, -0.25) is 4.99 Å². The summed E-state index contributed by atoms with van der Waals surface area (Å²) in [5.74, 6) is 0.553. The molecule has 0 aromatic heterocycles. The van der Waals surface area contributed by atoms with Crippen molar-refractivity contribution in [2.45, 2.75) is 44.6 Å². The van der Waals surface area contributed by atoms with Gasteiger partial charge in [0.1, 0.15) is 0 Å². The molecule has 1 aliphatic rings. The summed E-state index contributed by atoms with van der Waals surface area (Å²) in [5, 5.41) is 3.31.